The van der Waals surface area contributed by atoms with Crippen LogP contribution in [0, 0.1) is 12.7 Å². The Kier molecular flexibility index (Phi) is 4.65. The van der Waals surface area contributed by atoms with Gasteiger partial charge in [-0.3, -0.25) is 4.72 Å². The van der Waals surface area contributed by atoms with E-state index in [4.69, 9.17) is 0 Å². The molecule has 2 rings (SSSR count). The number of halogens is 2. The van der Waals surface area contributed by atoms with E-state index in [1.165, 1.54) is 6.07 Å². The molecule has 2 N–H and O–H groups in total. The van der Waals surface area contributed by atoms with E-state index in [0.29, 0.717) is 10.2 Å². The van der Waals surface area contributed by atoms with Crippen LogP contribution in [0.4, 0.5) is 10.1 Å². The second-order valence-electron chi connectivity index (χ2n) is 4.47. The summed E-state index contributed by atoms with van der Waals surface area (Å²) >= 11 is 3.27. The number of anilines is 1. The molecule has 0 aliphatic carbocycles. The quantitative estimate of drug-likeness (QED) is 0.864. The van der Waals surface area contributed by atoms with Crippen LogP contribution in [0.25, 0.3) is 0 Å². The van der Waals surface area contributed by atoms with Crippen LogP contribution in [-0.2, 0) is 16.6 Å². The van der Waals surface area contributed by atoms with Crippen molar-refractivity contribution in [3.63, 3.8) is 0 Å². The highest BCUT2D eigenvalue weighted by atomic mass is 79.9. The third-order valence-corrected chi connectivity index (χ3v) is 4.87. The Bertz CT molecular complexity index is 778. The molecule has 0 atom stereocenters. The van der Waals surface area contributed by atoms with E-state index in [1.54, 1.807) is 25.1 Å². The minimum Gasteiger partial charge on any atom is -0.392 e. The van der Waals surface area contributed by atoms with Gasteiger partial charge < -0.3 is 5.11 Å². The number of aryl methyl sites for hydroxylation is 1. The molecule has 0 saturated heterocycles. The van der Waals surface area contributed by atoms with Gasteiger partial charge in [0.05, 0.1) is 17.2 Å². The monoisotopic (exact) mass is 373 g/mol. The van der Waals surface area contributed by atoms with Gasteiger partial charge in [-0.1, -0.05) is 28.1 Å². The van der Waals surface area contributed by atoms with Gasteiger partial charge in [-0.2, -0.15) is 0 Å². The van der Waals surface area contributed by atoms with Crippen LogP contribution in [0.3, 0.4) is 0 Å². The Morgan fingerprint density at radius 3 is 2.62 bits per heavy atom. The van der Waals surface area contributed by atoms with E-state index in [9.17, 15) is 17.9 Å². The lowest BCUT2D eigenvalue weighted by Crippen LogP contribution is -2.16. The van der Waals surface area contributed by atoms with E-state index in [1.807, 2.05) is 0 Å². The SMILES string of the molecule is Cc1ccc(Br)cc1NS(=O)(=O)c1cc(F)ccc1CO. The van der Waals surface area contributed by atoms with Gasteiger partial charge in [0, 0.05) is 4.47 Å². The molecule has 4 nitrogen and oxygen atoms in total. The molecule has 0 aromatic heterocycles. The highest BCUT2D eigenvalue weighted by Gasteiger charge is 2.20. The molecule has 0 bridgehead atoms. The number of aliphatic hydroxyl groups is 1. The van der Waals surface area contributed by atoms with Crippen molar-refractivity contribution in [3.05, 3.63) is 57.8 Å². The number of hydrogen-bond donors (Lipinski definition) is 2. The molecule has 0 spiro atoms. The smallest absolute Gasteiger partial charge is 0.262 e. The predicted octanol–water partition coefficient (Wildman–Crippen LogP) is 3.19. The zero-order valence-corrected chi connectivity index (χ0v) is 13.5. The fourth-order valence-corrected chi connectivity index (χ4v) is 3.54. The molecule has 2 aromatic carbocycles. The van der Waals surface area contributed by atoms with E-state index < -0.39 is 22.4 Å². The first-order valence-electron chi connectivity index (χ1n) is 6.02. The lowest BCUT2D eigenvalue weighted by Gasteiger charge is -2.13. The summed E-state index contributed by atoms with van der Waals surface area (Å²) in [7, 11) is -3.99. The fraction of sp³-hybridized carbons (Fsp3) is 0.143. The average molecular weight is 374 g/mol. The van der Waals surface area contributed by atoms with Crippen LogP contribution in [0.2, 0.25) is 0 Å². The molecule has 0 unspecified atom stereocenters. The molecule has 0 aliphatic rings. The van der Waals surface area contributed by atoms with E-state index in [0.717, 1.165) is 17.7 Å². The Hall–Kier alpha value is -1.44. The molecule has 7 heteroatoms. The summed E-state index contributed by atoms with van der Waals surface area (Å²) in [4.78, 5) is -0.274. The molecular weight excluding hydrogens is 361 g/mol. The van der Waals surface area contributed by atoms with Gasteiger partial charge in [-0.05, 0) is 42.3 Å². The number of aliphatic hydroxyl groups excluding tert-OH is 1. The standard InChI is InChI=1S/C14H13BrFNO3S/c1-9-2-4-11(15)6-13(9)17-21(19,20)14-7-12(16)5-3-10(14)8-18/h2-7,17-18H,8H2,1H3. The molecule has 0 aliphatic heterocycles. The summed E-state index contributed by atoms with van der Waals surface area (Å²) in [5.41, 5.74) is 1.25. The second-order valence-corrected chi connectivity index (χ2v) is 7.04. The van der Waals surface area contributed by atoms with Gasteiger partial charge >= 0.3 is 0 Å². The number of hydrogen-bond acceptors (Lipinski definition) is 3. The summed E-state index contributed by atoms with van der Waals surface area (Å²) in [6.07, 6.45) is 0. The van der Waals surface area contributed by atoms with Crippen molar-refractivity contribution in [2.45, 2.75) is 18.4 Å². The van der Waals surface area contributed by atoms with Crippen LogP contribution in [0.1, 0.15) is 11.1 Å². The highest BCUT2D eigenvalue weighted by molar-refractivity contribution is 9.10. The van der Waals surface area contributed by atoms with Gasteiger partial charge in [0.15, 0.2) is 0 Å². The van der Waals surface area contributed by atoms with Gasteiger partial charge in [0.2, 0.25) is 0 Å². The van der Waals surface area contributed by atoms with Gasteiger partial charge in [0.1, 0.15) is 5.82 Å². The van der Waals surface area contributed by atoms with Crippen molar-refractivity contribution < 1.29 is 17.9 Å². The lowest BCUT2D eigenvalue weighted by atomic mass is 10.2. The fourth-order valence-electron chi connectivity index (χ4n) is 1.81. The summed E-state index contributed by atoms with van der Waals surface area (Å²) in [6.45, 7) is 1.26. The second kappa shape index (κ2) is 6.13. The number of benzene rings is 2. The zero-order chi connectivity index (χ0) is 15.6. The molecule has 112 valence electrons. The summed E-state index contributed by atoms with van der Waals surface area (Å²) in [6, 6.07) is 8.40. The van der Waals surface area contributed by atoms with Gasteiger partial charge in [-0.25, -0.2) is 12.8 Å². The van der Waals surface area contributed by atoms with Crippen LogP contribution in [-0.4, -0.2) is 13.5 Å². The van der Waals surface area contributed by atoms with Crippen molar-refractivity contribution >= 4 is 31.6 Å². The van der Waals surface area contributed by atoms with Crippen molar-refractivity contribution in [1.29, 1.82) is 0 Å². The molecule has 0 saturated carbocycles. The molecule has 0 radical (unpaired) electrons. The lowest BCUT2D eigenvalue weighted by molar-refractivity contribution is 0.278. The van der Waals surface area contributed by atoms with Crippen molar-refractivity contribution in [1.82, 2.24) is 0 Å². The molecule has 0 fully saturated rings. The van der Waals surface area contributed by atoms with Crippen molar-refractivity contribution in [2.75, 3.05) is 4.72 Å². The maximum atomic E-state index is 13.3. The first-order chi connectivity index (χ1) is 9.83. The molecular formula is C14H13BrFNO3S. The van der Waals surface area contributed by atoms with E-state index >= 15 is 0 Å². The van der Waals surface area contributed by atoms with Crippen molar-refractivity contribution in [2.24, 2.45) is 0 Å². The Morgan fingerprint density at radius 1 is 1.24 bits per heavy atom. The predicted molar refractivity (Wildman–Crippen MR) is 82.0 cm³/mol. The van der Waals surface area contributed by atoms with Gasteiger partial charge in [-0.15, -0.1) is 0 Å². The third-order valence-electron chi connectivity index (χ3n) is 2.93. The summed E-state index contributed by atoms with van der Waals surface area (Å²) < 4.78 is 41.2. The van der Waals surface area contributed by atoms with Gasteiger partial charge in [0.25, 0.3) is 10.0 Å². The minimum atomic E-state index is -3.99. The number of sulfonamides is 1. The zero-order valence-electron chi connectivity index (χ0n) is 11.1. The first kappa shape index (κ1) is 15.9. The van der Waals surface area contributed by atoms with Crippen LogP contribution in [0.15, 0.2) is 45.8 Å². The Labute approximate surface area is 130 Å². The normalized spacial score (nSPS) is 11.4. The van der Waals surface area contributed by atoms with Crippen molar-refractivity contribution in [3.8, 4) is 0 Å². The van der Waals surface area contributed by atoms with Crippen LogP contribution < -0.4 is 4.72 Å². The molecule has 0 amide bonds. The first-order valence-corrected chi connectivity index (χ1v) is 8.29. The highest BCUT2D eigenvalue weighted by Crippen LogP contribution is 2.25. The number of nitrogens with one attached hydrogen (secondary N) is 1. The molecule has 2 aromatic rings. The molecule has 21 heavy (non-hydrogen) atoms. The summed E-state index contributed by atoms with van der Waals surface area (Å²) in [5, 5.41) is 9.22. The van der Waals surface area contributed by atoms with Crippen LogP contribution in [0.5, 0.6) is 0 Å². The van der Waals surface area contributed by atoms with E-state index in [-0.39, 0.29) is 10.5 Å². The maximum absolute atomic E-state index is 13.3. The maximum Gasteiger partial charge on any atom is 0.262 e. The molecule has 0 heterocycles. The minimum absolute atomic E-state index is 0.136. The third kappa shape index (κ3) is 3.61. The topological polar surface area (TPSA) is 66.4 Å². The largest absolute Gasteiger partial charge is 0.392 e. The van der Waals surface area contributed by atoms with E-state index in [2.05, 4.69) is 20.7 Å². The summed E-state index contributed by atoms with van der Waals surface area (Å²) in [5.74, 6) is -0.682. The number of rotatable bonds is 4. The Morgan fingerprint density at radius 2 is 1.95 bits per heavy atom. The Balaban J connectivity index is 2.48. The van der Waals surface area contributed by atoms with Crippen LogP contribution >= 0.6 is 15.9 Å². The average Bonchev–Trinajstić information content (AvgIpc) is 2.42.